The van der Waals surface area contributed by atoms with Crippen LogP contribution in [-0.2, 0) is 0 Å². The molecule has 0 atom stereocenters. The number of fused-ring (bicyclic) bond motifs is 1. The van der Waals surface area contributed by atoms with Crippen LogP contribution in [0.3, 0.4) is 0 Å². The fraction of sp³-hybridized carbons (Fsp3) is 0.167. The van der Waals surface area contributed by atoms with Crippen LogP contribution >= 0.6 is 11.3 Å². The van der Waals surface area contributed by atoms with Gasteiger partial charge in [0.2, 0.25) is 0 Å². The Hall–Kier alpha value is -2.28. The summed E-state index contributed by atoms with van der Waals surface area (Å²) in [7, 11) is 0. The third-order valence-corrected chi connectivity index (χ3v) is 3.93. The zero-order chi connectivity index (χ0) is 13.6. The highest BCUT2D eigenvalue weighted by Crippen LogP contribution is 2.39. The van der Waals surface area contributed by atoms with Crippen molar-refractivity contribution >= 4 is 27.2 Å². The number of pyridine rings is 1. The highest BCUT2D eigenvalue weighted by Gasteiger charge is 2.16. The topological polar surface area (TPSA) is 97.5 Å². The summed E-state index contributed by atoms with van der Waals surface area (Å²) in [5.41, 5.74) is 8.32. The molecule has 3 heterocycles. The molecule has 0 aliphatic carbocycles. The van der Waals surface area contributed by atoms with Crippen molar-refractivity contribution < 1.29 is 0 Å². The average molecular weight is 273 g/mol. The second-order valence-corrected chi connectivity index (χ2v) is 5.26. The Balaban J connectivity index is 2.34. The number of nitrogens with zero attached hydrogens (tertiary/aromatic N) is 3. The first-order valence-electron chi connectivity index (χ1n) is 5.64. The first-order valence-corrected chi connectivity index (χ1v) is 6.46. The zero-order valence-corrected chi connectivity index (χ0v) is 11.2. The van der Waals surface area contributed by atoms with Crippen LogP contribution in [0.4, 0.5) is 5.69 Å². The van der Waals surface area contributed by atoms with Crippen LogP contribution < -0.4 is 11.4 Å². The number of thiophene rings is 1. The Morgan fingerprint density at radius 2 is 2.11 bits per heavy atom. The van der Waals surface area contributed by atoms with Crippen LogP contribution in [0.15, 0.2) is 17.2 Å². The monoisotopic (exact) mass is 273 g/mol. The maximum Gasteiger partial charge on any atom is 0.348 e. The molecule has 0 aliphatic heterocycles. The number of rotatable bonds is 1. The van der Waals surface area contributed by atoms with Crippen molar-refractivity contribution in [2.75, 3.05) is 5.73 Å². The van der Waals surface area contributed by atoms with Crippen LogP contribution in [0.2, 0.25) is 0 Å². The molecular formula is C12H11N5OS. The molecule has 3 N–H and O–H groups in total. The Morgan fingerprint density at radius 1 is 1.32 bits per heavy atom. The molecule has 3 aromatic heterocycles. The molecule has 0 unspecified atom stereocenters. The van der Waals surface area contributed by atoms with E-state index in [1.165, 1.54) is 17.7 Å². The summed E-state index contributed by atoms with van der Waals surface area (Å²) < 4.78 is 0. The number of aromatic amines is 1. The van der Waals surface area contributed by atoms with E-state index in [0.717, 1.165) is 26.4 Å². The maximum atomic E-state index is 11.3. The molecule has 0 spiro atoms. The van der Waals surface area contributed by atoms with Gasteiger partial charge in [-0.2, -0.15) is 4.98 Å². The normalized spacial score (nSPS) is 11.1. The number of nitrogens with two attached hydrogens (primary N) is 1. The van der Waals surface area contributed by atoms with E-state index in [4.69, 9.17) is 5.73 Å². The number of H-pyrrole nitrogens is 1. The quantitative estimate of drug-likeness (QED) is 0.702. The summed E-state index contributed by atoms with van der Waals surface area (Å²) >= 11 is 1.42. The fourth-order valence-electron chi connectivity index (χ4n) is 2.07. The third-order valence-electron chi connectivity index (χ3n) is 2.83. The molecular weight excluding hydrogens is 262 g/mol. The molecule has 0 amide bonds. The van der Waals surface area contributed by atoms with E-state index >= 15 is 0 Å². The molecule has 19 heavy (non-hydrogen) atoms. The van der Waals surface area contributed by atoms with Crippen molar-refractivity contribution in [2.24, 2.45) is 0 Å². The van der Waals surface area contributed by atoms with Crippen molar-refractivity contribution in [2.45, 2.75) is 13.8 Å². The number of hydrogen-bond acceptors (Lipinski definition) is 6. The van der Waals surface area contributed by atoms with E-state index in [2.05, 4.69) is 19.9 Å². The molecule has 6 nitrogen and oxygen atoms in total. The van der Waals surface area contributed by atoms with Gasteiger partial charge in [-0.1, -0.05) is 0 Å². The minimum absolute atomic E-state index is 0.428. The number of aromatic nitrogens is 4. The molecule has 3 rings (SSSR count). The van der Waals surface area contributed by atoms with Gasteiger partial charge in [0.05, 0.1) is 10.6 Å². The lowest BCUT2D eigenvalue weighted by molar-refractivity contribution is 0.998. The van der Waals surface area contributed by atoms with E-state index in [9.17, 15) is 4.79 Å². The lowest BCUT2D eigenvalue weighted by Gasteiger charge is -2.00. The van der Waals surface area contributed by atoms with E-state index < -0.39 is 5.69 Å². The summed E-state index contributed by atoms with van der Waals surface area (Å²) in [6, 6.07) is 1.98. The molecule has 0 saturated carbocycles. The van der Waals surface area contributed by atoms with Gasteiger partial charge in [-0.05, 0) is 25.5 Å². The molecule has 0 radical (unpaired) electrons. The highest BCUT2D eigenvalue weighted by atomic mass is 32.1. The van der Waals surface area contributed by atoms with Crippen LogP contribution in [0, 0.1) is 13.8 Å². The standard InChI is InChI=1S/C12H11N5OS/c1-5-3-6(2)16-11-7(5)8(13)9(19-11)10-14-4-15-12(18)17-10/h3-4H,13H2,1-2H3,(H,14,15,17,18). The molecule has 96 valence electrons. The van der Waals surface area contributed by atoms with E-state index in [1.54, 1.807) is 0 Å². The molecule has 0 aromatic carbocycles. The van der Waals surface area contributed by atoms with Crippen molar-refractivity contribution in [1.29, 1.82) is 0 Å². The van der Waals surface area contributed by atoms with Crippen LogP contribution in [0.1, 0.15) is 11.3 Å². The van der Waals surface area contributed by atoms with Crippen molar-refractivity contribution in [3.8, 4) is 10.7 Å². The Labute approximate surface area is 112 Å². The summed E-state index contributed by atoms with van der Waals surface area (Å²) in [5, 5.41) is 0.921. The van der Waals surface area contributed by atoms with Crippen molar-refractivity contribution in [3.05, 3.63) is 34.1 Å². The van der Waals surface area contributed by atoms with E-state index in [-0.39, 0.29) is 0 Å². The minimum Gasteiger partial charge on any atom is -0.397 e. The number of aryl methyl sites for hydroxylation is 2. The molecule has 0 saturated heterocycles. The largest absolute Gasteiger partial charge is 0.397 e. The first-order chi connectivity index (χ1) is 9.06. The minimum atomic E-state index is -0.442. The summed E-state index contributed by atoms with van der Waals surface area (Å²) in [6.07, 6.45) is 1.23. The maximum absolute atomic E-state index is 11.3. The van der Waals surface area contributed by atoms with Gasteiger partial charge in [0.25, 0.3) is 0 Å². The Morgan fingerprint density at radius 3 is 2.84 bits per heavy atom. The lowest BCUT2D eigenvalue weighted by Crippen LogP contribution is -2.11. The molecule has 7 heteroatoms. The first kappa shape index (κ1) is 11.8. The molecule has 0 aliphatic rings. The smallest absolute Gasteiger partial charge is 0.348 e. The van der Waals surface area contributed by atoms with Gasteiger partial charge in [0.1, 0.15) is 11.2 Å². The van der Waals surface area contributed by atoms with Crippen LogP contribution in [-0.4, -0.2) is 19.9 Å². The van der Waals surface area contributed by atoms with Crippen molar-refractivity contribution in [1.82, 2.24) is 19.9 Å². The third kappa shape index (κ3) is 1.88. The summed E-state index contributed by atoms with van der Waals surface area (Å²) in [5.74, 6) is 0.428. The van der Waals surface area contributed by atoms with Gasteiger partial charge in [-0.3, -0.25) is 4.98 Å². The predicted molar refractivity (Wildman–Crippen MR) is 75.2 cm³/mol. The van der Waals surface area contributed by atoms with Crippen LogP contribution in [0.25, 0.3) is 20.9 Å². The zero-order valence-electron chi connectivity index (χ0n) is 10.4. The van der Waals surface area contributed by atoms with E-state index in [1.807, 2.05) is 19.9 Å². The fourth-order valence-corrected chi connectivity index (χ4v) is 3.23. The highest BCUT2D eigenvalue weighted by molar-refractivity contribution is 7.22. The Bertz CT molecular complexity index is 836. The van der Waals surface area contributed by atoms with Gasteiger partial charge in [0, 0.05) is 11.1 Å². The van der Waals surface area contributed by atoms with Gasteiger partial charge >= 0.3 is 5.69 Å². The summed E-state index contributed by atoms with van der Waals surface area (Å²) in [6.45, 7) is 3.93. The number of anilines is 1. The molecule has 0 bridgehead atoms. The second kappa shape index (κ2) is 4.13. The second-order valence-electron chi connectivity index (χ2n) is 4.26. The van der Waals surface area contributed by atoms with Gasteiger partial charge in [-0.25, -0.2) is 14.8 Å². The van der Waals surface area contributed by atoms with Crippen LogP contribution in [0.5, 0.6) is 0 Å². The lowest BCUT2D eigenvalue weighted by atomic mass is 10.1. The van der Waals surface area contributed by atoms with Gasteiger partial charge < -0.3 is 5.73 Å². The molecule has 0 fully saturated rings. The predicted octanol–water partition coefficient (Wildman–Crippen LogP) is 1.64. The SMILES string of the molecule is Cc1cc(C)c2c(N)c(-c3ncnc(=O)[nH]3)sc2n1. The Kier molecular flexibility index (Phi) is 2.56. The number of nitrogen functional groups attached to an aromatic ring is 1. The number of nitrogens with one attached hydrogen (secondary N) is 1. The van der Waals surface area contributed by atoms with Crippen molar-refractivity contribution in [3.63, 3.8) is 0 Å². The average Bonchev–Trinajstić information content (AvgIpc) is 2.66. The van der Waals surface area contributed by atoms with Gasteiger partial charge in [-0.15, -0.1) is 11.3 Å². The summed E-state index contributed by atoms with van der Waals surface area (Å²) in [4.78, 5) is 27.4. The van der Waals surface area contributed by atoms with E-state index in [0.29, 0.717) is 11.5 Å². The molecule has 3 aromatic rings. The number of hydrogen-bond donors (Lipinski definition) is 2. The van der Waals surface area contributed by atoms with Gasteiger partial charge in [0.15, 0.2) is 5.82 Å².